The van der Waals surface area contributed by atoms with E-state index < -0.39 is 6.10 Å². The van der Waals surface area contributed by atoms with Gasteiger partial charge in [0.2, 0.25) is 0 Å². The minimum Gasteiger partial charge on any atom is -0.495 e. The third-order valence-electron chi connectivity index (χ3n) is 5.74. The fourth-order valence-corrected chi connectivity index (χ4v) is 4.08. The second kappa shape index (κ2) is 6.18. The molecule has 2 fully saturated rings. The summed E-state index contributed by atoms with van der Waals surface area (Å²) in [5, 5.41) is 25.4. The van der Waals surface area contributed by atoms with Crippen molar-refractivity contribution in [1.29, 1.82) is 0 Å². The highest BCUT2D eigenvalue weighted by Gasteiger charge is 2.34. The Morgan fingerprint density at radius 3 is 2.57 bits per heavy atom. The quantitative estimate of drug-likeness (QED) is 0.649. The van der Waals surface area contributed by atoms with Crippen molar-refractivity contribution in [1.82, 2.24) is 14.7 Å². The molecule has 0 radical (unpaired) electrons. The summed E-state index contributed by atoms with van der Waals surface area (Å²) in [4.78, 5) is 4.81. The molecule has 2 atom stereocenters. The van der Waals surface area contributed by atoms with Crippen LogP contribution in [0, 0.1) is 13.8 Å². The monoisotopic (exact) mass is 381 g/mol. The van der Waals surface area contributed by atoms with Gasteiger partial charge in [0.25, 0.3) is 0 Å². The van der Waals surface area contributed by atoms with Gasteiger partial charge in [0, 0.05) is 23.7 Å². The topological polar surface area (TPSA) is 93.5 Å². The van der Waals surface area contributed by atoms with E-state index in [1.165, 1.54) is 0 Å². The number of aromatic nitrogens is 3. The normalized spacial score (nSPS) is 20.3. The number of hydrogen-bond donors (Lipinski definition) is 2. The lowest BCUT2D eigenvalue weighted by Crippen LogP contribution is -2.33. The van der Waals surface area contributed by atoms with E-state index in [1.54, 1.807) is 4.57 Å². The SMILES string of the molecule is C=C(O)n1c(C2CC2)nc2c(C(O)C3CCO3)cc(-c3c(C)noc3C)cc21. The molecule has 2 aromatic heterocycles. The maximum atomic E-state index is 11.0. The summed E-state index contributed by atoms with van der Waals surface area (Å²) in [5.41, 5.74) is 4.61. The van der Waals surface area contributed by atoms with Crippen LogP contribution in [0.2, 0.25) is 0 Å². The van der Waals surface area contributed by atoms with Gasteiger partial charge in [-0.05, 0) is 57.4 Å². The summed E-state index contributed by atoms with van der Waals surface area (Å²) < 4.78 is 12.6. The molecule has 3 aromatic rings. The van der Waals surface area contributed by atoms with Crippen molar-refractivity contribution < 1.29 is 19.5 Å². The van der Waals surface area contributed by atoms with Crippen LogP contribution in [0.25, 0.3) is 28.0 Å². The van der Waals surface area contributed by atoms with Gasteiger partial charge in [0.1, 0.15) is 17.7 Å². The fourth-order valence-electron chi connectivity index (χ4n) is 4.08. The number of aliphatic hydroxyl groups excluding tert-OH is 2. The Hall–Kier alpha value is -2.64. The minimum absolute atomic E-state index is 0.0688. The number of imidazole rings is 1. The average Bonchev–Trinajstić information content (AvgIpc) is 3.29. The molecular formula is C21H23N3O4. The van der Waals surface area contributed by atoms with Gasteiger partial charge in [-0.15, -0.1) is 0 Å². The molecule has 2 aliphatic rings. The Kier molecular flexibility index (Phi) is 3.86. The molecule has 7 heteroatoms. The van der Waals surface area contributed by atoms with Crippen molar-refractivity contribution in [3.63, 3.8) is 0 Å². The number of nitrogens with zero attached hydrogens (tertiary/aromatic N) is 3. The van der Waals surface area contributed by atoms with Gasteiger partial charge in [0.05, 0.1) is 22.8 Å². The Balaban J connectivity index is 1.80. The molecule has 28 heavy (non-hydrogen) atoms. The number of fused-ring (bicyclic) bond motifs is 1. The third-order valence-corrected chi connectivity index (χ3v) is 5.74. The Labute approximate surface area is 162 Å². The lowest BCUT2D eigenvalue weighted by Gasteiger charge is -2.31. The highest BCUT2D eigenvalue weighted by atomic mass is 16.5. The molecule has 2 N–H and O–H groups in total. The molecule has 3 heterocycles. The third kappa shape index (κ3) is 2.57. The number of ether oxygens (including phenoxy) is 1. The summed E-state index contributed by atoms with van der Waals surface area (Å²) in [7, 11) is 0. The predicted octanol–water partition coefficient (Wildman–Crippen LogP) is 3.99. The van der Waals surface area contributed by atoms with Gasteiger partial charge in [-0.25, -0.2) is 4.98 Å². The molecule has 1 aromatic carbocycles. The van der Waals surface area contributed by atoms with E-state index in [4.69, 9.17) is 14.2 Å². The number of rotatable bonds is 5. The van der Waals surface area contributed by atoms with E-state index in [1.807, 2.05) is 26.0 Å². The number of benzene rings is 1. The van der Waals surface area contributed by atoms with Crippen LogP contribution in [0.1, 0.15) is 54.1 Å². The molecule has 1 saturated carbocycles. The zero-order chi connectivity index (χ0) is 19.6. The molecule has 146 valence electrons. The van der Waals surface area contributed by atoms with Crippen LogP contribution < -0.4 is 0 Å². The molecule has 1 aliphatic heterocycles. The van der Waals surface area contributed by atoms with E-state index in [0.29, 0.717) is 29.4 Å². The van der Waals surface area contributed by atoms with Crippen LogP contribution in [-0.4, -0.2) is 37.6 Å². The van der Waals surface area contributed by atoms with Crippen molar-refractivity contribution in [2.75, 3.05) is 6.61 Å². The largest absolute Gasteiger partial charge is 0.495 e. The van der Waals surface area contributed by atoms with Crippen LogP contribution >= 0.6 is 0 Å². The molecule has 0 bridgehead atoms. The van der Waals surface area contributed by atoms with Gasteiger partial charge in [-0.1, -0.05) is 5.16 Å². The minimum atomic E-state index is -0.793. The first kappa shape index (κ1) is 17.5. The highest BCUT2D eigenvalue weighted by Crippen LogP contribution is 2.44. The second-order valence-corrected chi connectivity index (χ2v) is 7.77. The van der Waals surface area contributed by atoms with E-state index in [2.05, 4.69) is 11.7 Å². The Morgan fingerprint density at radius 2 is 2.04 bits per heavy atom. The maximum absolute atomic E-state index is 11.0. The lowest BCUT2D eigenvalue weighted by atomic mass is 9.94. The standard InChI is InChI=1S/C21H23N3O4/c1-10-18(11(2)28-23-10)14-8-15(20(26)17-6-7-27-17)19-16(9-14)24(12(3)25)21(22-19)13-4-5-13/h8-9,13,17,20,25-26H,3-7H2,1-2H3. The van der Waals surface area contributed by atoms with Crippen LogP contribution in [0.15, 0.2) is 23.2 Å². The summed E-state index contributed by atoms with van der Waals surface area (Å²) in [6.07, 6.45) is 1.85. The van der Waals surface area contributed by atoms with Crippen LogP contribution in [-0.2, 0) is 4.74 Å². The highest BCUT2D eigenvalue weighted by molar-refractivity contribution is 5.89. The molecule has 7 nitrogen and oxygen atoms in total. The summed E-state index contributed by atoms with van der Waals surface area (Å²) >= 11 is 0. The average molecular weight is 381 g/mol. The van der Waals surface area contributed by atoms with Crippen molar-refractivity contribution in [3.05, 3.63) is 41.6 Å². The van der Waals surface area contributed by atoms with E-state index in [-0.39, 0.29) is 12.0 Å². The van der Waals surface area contributed by atoms with Gasteiger partial charge in [-0.2, -0.15) is 0 Å². The van der Waals surface area contributed by atoms with Crippen molar-refractivity contribution in [3.8, 4) is 11.1 Å². The smallest absolute Gasteiger partial charge is 0.189 e. The van der Waals surface area contributed by atoms with E-state index in [9.17, 15) is 10.2 Å². The predicted molar refractivity (Wildman–Crippen MR) is 104 cm³/mol. The molecule has 1 saturated heterocycles. The van der Waals surface area contributed by atoms with Crippen molar-refractivity contribution in [2.45, 2.75) is 51.2 Å². The van der Waals surface area contributed by atoms with Gasteiger partial charge >= 0.3 is 0 Å². The zero-order valence-corrected chi connectivity index (χ0v) is 16.0. The number of aliphatic hydroxyl groups is 2. The van der Waals surface area contributed by atoms with Gasteiger partial charge in [0.15, 0.2) is 5.88 Å². The van der Waals surface area contributed by atoms with Crippen LogP contribution in [0.3, 0.4) is 0 Å². The second-order valence-electron chi connectivity index (χ2n) is 7.77. The van der Waals surface area contributed by atoms with Gasteiger partial charge < -0.3 is 19.5 Å². The molecular weight excluding hydrogens is 358 g/mol. The fraction of sp³-hybridized carbons (Fsp3) is 0.429. The van der Waals surface area contributed by atoms with Crippen molar-refractivity contribution >= 4 is 16.9 Å². The maximum Gasteiger partial charge on any atom is 0.189 e. The van der Waals surface area contributed by atoms with Crippen LogP contribution in [0.5, 0.6) is 0 Å². The molecule has 5 rings (SSSR count). The summed E-state index contributed by atoms with van der Waals surface area (Å²) in [6, 6.07) is 3.90. The molecule has 0 amide bonds. The van der Waals surface area contributed by atoms with Gasteiger partial charge in [-0.3, -0.25) is 4.57 Å². The zero-order valence-electron chi connectivity index (χ0n) is 16.0. The number of aryl methyl sites for hydroxylation is 2. The molecule has 1 aliphatic carbocycles. The molecule has 0 spiro atoms. The first-order valence-corrected chi connectivity index (χ1v) is 9.63. The summed E-state index contributed by atoms with van der Waals surface area (Å²) in [6.45, 7) is 8.15. The Bertz CT molecular complexity index is 1070. The lowest BCUT2D eigenvalue weighted by molar-refractivity contribution is -0.117. The first-order valence-electron chi connectivity index (χ1n) is 9.63. The molecule has 2 unspecified atom stereocenters. The number of hydrogen-bond acceptors (Lipinski definition) is 6. The first-order chi connectivity index (χ1) is 13.5. The van der Waals surface area contributed by atoms with E-state index >= 15 is 0 Å². The Morgan fingerprint density at radius 1 is 1.29 bits per heavy atom. The van der Waals surface area contributed by atoms with Crippen molar-refractivity contribution in [2.24, 2.45) is 0 Å². The summed E-state index contributed by atoms with van der Waals surface area (Å²) in [5.74, 6) is 1.74. The van der Waals surface area contributed by atoms with Crippen LogP contribution in [0.4, 0.5) is 0 Å². The van der Waals surface area contributed by atoms with E-state index in [0.717, 1.165) is 47.4 Å².